The summed E-state index contributed by atoms with van der Waals surface area (Å²) in [7, 11) is 0. The molecule has 0 aromatic carbocycles. The van der Waals surface area contributed by atoms with Crippen molar-refractivity contribution < 1.29 is 14.3 Å². The molecule has 0 aromatic rings. The molecule has 0 spiro atoms. The smallest absolute Gasteiger partial charge is 0.330 e. The van der Waals surface area contributed by atoms with Crippen molar-refractivity contribution in [1.29, 1.82) is 0 Å². The van der Waals surface area contributed by atoms with E-state index >= 15 is 0 Å². The van der Waals surface area contributed by atoms with Gasteiger partial charge in [0.25, 0.3) is 5.91 Å². The van der Waals surface area contributed by atoms with Crippen molar-refractivity contribution in [3.05, 3.63) is 0 Å². The highest BCUT2D eigenvalue weighted by molar-refractivity contribution is 5.80. The Morgan fingerprint density at radius 1 is 1.42 bits per heavy atom. The Morgan fingerprint density at radius 2 is 2.00 bits per heavy atom. The third kappa shape index (κ3) is 6.81. The summed E-state index contributed by atoms with van der Waals surface area (Å²) >= 11 is 0. The molecule has 0 saturated carbocycles. The Hall–Kier alpha value is -1.30. The number of nitrogens with two attached hydrogens (primary N) is 1. The summed E-state index contributed by atoms with van der Waals surface area (Å²) in [5.74, 6) is -0.442. The van der Waals surface area contributed by atoms with Crippen molar-refractivity contribution in [2.24, 2.45) is 5.73 Å². The molecule has 4 N–H and O–H groups in total. The normalized spacial score (nSPS) is 9.58. The standard InChI is InChI=1S/C6H13N3O3/c1-4(2)12-3-5(10)8-9-6(7)11/h4H,3H2,1-2H3,(H,8,10)(H3,7,9,11). The van der Waals surface area contributed by atoms with Gasteiger partial charge in [0, 0.05) is 0 Å². The minimum absolute atomic E-state index is 0.0238. The molecule has 0 atom stereocenters. The van der Waals surface area contributed by atoms with Crippen LogP contribution in [0.5, 0.6) is 0 Å². The molecule has 0 radical (unpaired) electrons. The minimum Gasteiger partial charge on any atom is -0.369 e. The van der Waals surface area contributed by atoms with Gasteiger partial charge in [-0.1, -0.05) is 0 Å². The topological polar surface area (TPSA) is 93.4 Å². The highest BCUT2D eigenvalue weighted by Crippen LogP contribution is 1.85. The van der Waals surface area contributed by atoms with Crippen LogP contribution >= 0.6 is 0 Å². The van der Waals surface area contributed by atoms with Gasteiger partial charge in [-0.25, -0.2) is 10.2 Å². The first kappa shape index (κ1) is 10.7. The summed E-state index contributed by atoms with van der Waals surface area (Å²) in [6.07, 6.45) is -0.0238. The highest BCUT2D eigenvalue weighted by atomic mass is 16.5. The molecule has 0 aliphatic heterocycles. The fourth-order valence-electron chi connectivity index (χ4n) is 0.410. The molecule has 3 amide bonds. The molecule has 0 heterocycles. The van der Waals surface area contributed by atoms with Crippen molar-refractivity contribution >= 4 is 11.9 Å². The molecule has 6 nitrogen and oxygen atoms in total. The fourth-order valence-corrected chi connectivity index (χ4v) is 0.410. The number of amides is 3. The van der Waals surface area contributed by atoms with Gasteiger partial charge < -0.3 is 10.5 Å². The van der Waals surface area contributed by atoms with Gasteiger partial charge >= 0.3 is 6.03 Å². The van der Waals surface area contributed by atoms with Gasteiger partial charge in [-0.3, -0.25) is 10.2 Å². The summed E-state index contributed by atoms with van der Waals surface area (Å²) in [5.41, 5.74) is 8.67. The number of ether oxygens (including phenoxy) is 1. The first-order chi connectivity index (χ1) is 5.52. The zero-order valence-corrected chi connectivity index (χ0v) is 7.09. The molecular formula is C6H13N3O3. The van der Waals surface area contributed by atoms with Crippen LogP contribution in [-0.2, 0) is 9.53 Å². The summed E-state index contributed by atoms with van der Waals surface area (Å²) < 4.78 is 4.93. The van der Waals surface area contributed by atoms with Crippen molar-refractivity contribution in [2.75, 3.05) is 6.61 Å². The summed E-state index contributed by atoms with van der Waals surface area (Å²) in [4.78, 5) is 20.8. The van der Waals surface area contributed by atoms with E-state index in [9.17, 15) is 9.59 Å². The van der Waals surface area contributed by atoms with Crippen LogP contribution in [0.25, 0.3) is 0 Å². The Balaban J connectivity index is 3.40. The molecule has 0 unspecified atom stereocenters. The van der Waals surface area contributed by atoms with Crippen LogP contribution in [0, 0.1) is 0 Å². The van der Waals surface area contributed by atoms with Gasteiger partial charge in [0.05, 0.1) is 6.10 Å². The number of carbonyl (C=O) groups excluding carboxylic acids is 2. The Kier molecular flexibility index (Phi) is 4.78. The van der Waals surface area contributed by atoms with Crippen molar-refractivity contribution in [2.45, 2.75) is 20.0 Å². The van der Waals surface area contributed by atoms with E-state index in [0.717, 1.165) is 0 Å². The lowest BCUT2D eigenvalue weighted by atomic mass is 10.5. The number of rotatable bonds is 3. The molecule has 0 bridgehead atoms. The average molecular weight is 175 g/mol. The number of carbonyl (C=O) groups is 2. The number of hydrogen-bond donors (Lipinski definition) is 3. The van der Waals surface area contributed by atoms with Crippen LogP contribution in [-0.4, -0.2) is 24.6 Å². The van der Waals surface area contributed by atoms with E-state index in [2.05, 4.69) is 0 Å². The lowest BCUT2D eigenvalue weighted by Crippen LogP contribution is -2.46. The zero-order chi connectivity index (χ0) is 9.56. The van der Waals surface area contributed by atoms with Crippen LogP contribution in [0.4, 0.5) is 4.79 Å². The lowest BCUT2D eigenvalue weighted by Gasteiger charge is -2.07. The van der Waals surface area contributed by atoms with Gasteiger partial charge in [0.2, 0.25) is 0 Å². The molecule has 6 heteroatoms. The Labute approximate surface area is 70.4 Å². The second kappa shape index (κ2) is 5.36. The summed E-state index contributed by atoms with van der Waals surface area (Å²) in [6, 6.07) is -0.812. The third-order valence-electron chi connectivity index (χ3n) is 0.873. The number of urea groups is 1. The molecular weight excluding hydrogens is 162 g/mol. The summed E-state index contributed by atoms with van der Waals surface area (Å²) in [5, 5.41) is 0. The van der Waals surface area contributed by atoms with E-state index in [4.69, 9.17) is 10.5 Å². The summed E-state index contributed by atoms with van der Waals surface area (Å²) in [6.45, 7) is 3.50. The van der Waals surface area contributed by atoms with Crippen LogP contribution in [0.15, 0.2) is 0 Å². The van der Waals surface area contributed by atoms with E-state index in [1.807, 2.05) is 10.9 Å². The highest BCUT2D eigenvalue weighted by Gasteiger charge is 2.02. The molecule has 0 fully saturated rings. The predicted octanol–water partition coefficient (Wildman–Crippen LogP) is -0.889. The quantitative estimate of drug-likeness (QED) is 0.486. The van der Waals surface area contributed by atoms with E-state index in [1.165, 1.54) is 0 Å². The predicted molar refractivity (Wildman–Crippen MR) is 41.9 cm³/mol. The molecule has 12 heavy (non-hydrogen) atoms. The van der Waals surface area contributed by atoms with E-state index in [-0.39, 0.29) is 12.7 Å². The van der Waals surface area contributed by atoms with E-state index in [0.29, 0.717) is 0 Å². The van der Waals surface area contributed by atoms with Gasteiger partial charge in [-0.2, -0.15) is 0 Å². The average Bonchev–Trinajstić information content (AvgIpc) is 1.96. The maximum absolute atomic E-state index is 10.7. The Morgan fingerprint density at radius 3 is 2.42 bits per heavy atom. The van der Waals surface area contributed by atoms with E-state index in [1.54, 1.807) is 13.8 Å². The molecule has 0 aliphatic rings. The maximum Gasteiger partial charge on any atom is 0.330 e. The first-order valence-electron chi connectivity index (χ1n) is 3.48. The number of hydrazine groups is 1. The fraction of sp³-hybridized carbons (Fsp3) is 0.667. The number of hydrogen-bond acceptors (Lipinski definition) is 3. The van der Waals surface area contributed by atoms with Crippen LogP contribution in [0.3, 0.4) is 0 Å². The largest absolute Gasteiger partial charge is 0.369 e. The number of nitrogens with one attached hydrogen (secondary N) is 2. The SMILES string of the molecule is CC(C)OCC(=O)NNC(N)=O. The van der Waals surface area contributed by atoms with Crippen LogP contribution < -0.4 is 16.6 Å². The van der Waals surface area contributed by atoms with Crippen molar-refractivity contribution in [1.82, 2.24) is 10.9 Å². The van der Waals surface area contributed by atoms with Crippen molar-refractivity contribution in [3.63, 3.8) is 0 Å². The second-order valence-corrected chi connectivity index (χ2v) is 2.40. The minimum atomic E-state index is -0.812. The number of primary amides is 1. The lowest BCUT2D eigenvalue weighted by molar-refractivity contribution is -0.127. The molecule has 0 rings (SSSR count). The van der Waals surface area contributed by atoms with Crippen LogP contribution in [0.1, 0.15) is 13.8 Å². The third-order valence-corrected chi connectivity index (χ3v) is 0.873. The molecule has 0 saturated heterocycles. The van der Waals surface area contributed by atoms with Gasteiger partial charge in [0.15, 0.2) is 0 Å². The van der Waals surface area contributed by atoms with Gasteiger partial charge in [0.1, 0.15) is 6.61 Å². The molecule has 70 valence electrons. The molecule has 0 aliphatic carbocycles. The van der Waals surface area contributed by atoms with E-state index < -0.39 is 11.9 Å². The monoisotopic (exact) mass is 175 g/mol. The van der Waals surface area contributed by atoms with Crippen molar-refractivity contribution in [3.8, 4) is 0 Å². The maximum atomic E-state index is 10.7. The zero-order valence-electron chi connectivity index (χ0n) is 7.09. The van der Waals surface area contributed by atoms with Crippen LogP contribution in [0.2, 0.25) is 0 Å². The van der Waals surface area contributed by atoms with Gasteiger partial charge in [-0.15, -0.1) is 0 Å². The Bertz CT molecular complexity index is 169. The molecule has 0 aromatic heterocycles. The first-order valence-corrected chi connectivity index (χ1v) is 3.48. The van der Waals surface area contributed by atoms with Gasteiger partial charge in [-0.05, 0) is 13.8 Å². The second-order valence-electron chi connectivity index (χ2n) is 2.40.